The molecule has 0 aliphatic heterocycles. The largest absolute Gasteiger partial charge is 0.228 e. The van der Waals surface area contributed by atoms with Crippen molar-refractivity contribution in [1.82, 2.24) is 9.97 Å². The van der Waals surface area contributed by atoms with Crippen molar-refractivity contribution in [3.8, 4) is 62.2 Å². The van der Waals surface area contributed by atoms with E-state index in [1.807, 2.05) is 36.4 Å². The molecule has 1 aromatic heterocycles. The van der Waals surface area contributed by atoms with Gasteiger partial charge in [-0.05, 0) is 58.4 Å². The Morgan fingerprint density at radius 2 is 1.16 bits per heavy atom. The molecule has 1 fully saturated rings. The van der Waals surface area contributed by atoms with Gasteiger partial charge >= 0.3 is 0 Å². The van der Waals surface area contributed by atoms with Gasteiger partial charge in [0, 0.05) is 22.1 Å². The van der Waals surface area contributed by atoms with E-state index < -0.39 is 0 Å². The predicted octanol–water partition coefficient (Wildman–Crippen LogP) is 10.2. The molecule has 44 heavy (non-hydrogen) atoms. The highest BCUT2D eigenvalue weighted by molar-refractivity contribution is 5.94. The van der Waals surface area contributed by atoms with E-state index in [-0.39, 0.29) is 5.41 Å². The maximum Gasteiger partial charge on any atom is 0.160 e. The summed E-state index contributed by atoms with van der Waals surface area (Å²) in [7, 11) is 0. The second-order valence-corrected chi connectivity index (χ2v) is 12.0. The first-order valence-corrected chi connectivity index (χ1v) is 15.5. The molecule has 3 nitrogen and oxygen atoms in total. The molecule has 5 aromatic carbocycles. The van der Waals surface area contributed by atoms with Crippen LogP contribution >= 0.6 is 0 Å². The average Bonchev–Trinajstić information content (AvgIpc) is 3.38. The molecule has 1 spiro atoms. The summed E-state index contributed by atoms with van der Waals surface area (Å²) in [5, 5.41) is 10.2. The van der Waals surface area contributed by atoms with Gasteiger partial charge in [0.1, 0.15) is 0 Å². The van der Waals surface area contributed by atoms with Crippen LogP contribution in [0, 0.1) is 11.3 Å². The summed E-state index contributed by atoms with van der Waals surface area (Å²) in [4.78, 5) is 10.3. The molecule has 0 radical (unpaired) electrons. The third-order valence-corrected chi connectivity index (χ3v) is 9.54. The van der Waals surface area contributed by atoms with E-state index in [2.05, 4.69) is 97.1 Å². The summed E-state index contributed by atoms with van der Waals surface area (Å²) in [5.41, 5.74) is 13.0. The topological polar surface area (TPSA) is 49.6 Å². The lowest BCUT2D eigenvalue weighted by atomic mass is 9.67. The Morgan fingerprint density at radius 1 is 0.545 bits per heavy atom. The van der Waals surface area contributed by atoms with Crippen LogP contribution in [-0.2, 0) is 5.41 Å². The number of nitriles is 1. The van der Waals surface area contributed by atoms with Crippen molar-refractivity contribution in [1.29, 1.82) is 5.26 Å². The second kappa shape index (κ2) is 10.7. The summed E-state index contributed by atoms with van der Waals surface area (Å²) in [5.74, 6) is 0.708. The summed E-state index contributed by atoms with van der Waals surface area (Å²) in [6.07, 6.45) is 5.76. The quantitative estimate of drug-likeness (QED) is 0.214. The van der Waals surface area contributed by atoms with E-state index in [1.54, 1.807) is 0 Å². The lowest BCUT2D eigenvalue weighted by Gasteiger charge is -2.36. The Morgan fingerprint density at radius 3 is 1.89 bits per heavy atom. The van der Waals surface area contributed by atoms with Crippen LogP contribution in [0.25, 0.3) is 56.2 Å². The van der Waals surface area contributed by atoms with Crippen LogP contribution in [-0.4, -0.2) is 9.97 Å². The van der Waals surface area contributed by atoms with Gasteiger partial charge in [0.25, 0.3) is 0 Å². The number of benzene rings is 5. The van der Waals surface area contributed by atoms with E-state index in [0.717, 1.165) is 46.5 Å². The Labute approximate surface area is 258 Å². The standard InChI is InChI=1S/C41H31N3/c42-27-32-16-10-18-34-38-33(17-11-19-35(38)41(39(32)34)24-8-3-9-25-41)37-26-36(43-40(44-37)31-14-6-2-7-15-31)30-22-20-29(21-23-30)28-12-4-1-5-13-28/h1-2,4-7,10-23,26H,3,8-9,24-25H2. The average molecular weight is 566 g/mol. The highest BCUT2D eigenvalue weighted by Crippen LogP contribution is 2.58. The van der Waals surface area contributed by atoms with E-state index in [0.29, 0.717) is 5.82 Å². The summed E-state index contributed by atoms with van der Waals surface area (Å²) in [6, 6.07) is 46.9. The van der Waals surface area contributed by atoms with Crippen LogP contribution in [0.2, 0.25) is 0 Å². The highest BCUT2D eigenvalue weighted by atomic mass is 14.9. The fourth-order valence-electron chi connectivity index (χ4n) is 7.55. The number of rotatable bonds is 4. The van der Waals surface area contributed by atoms with Gasteiger partial charge in [0.15, 0.2) is 5.82 Å². The zero-order valence-corrected chi connectivity index (χ0v) is 24.5. The van der Waals surface area contributed by atoms with Gasteiger partial charge in [-0.2, -0.15) is 5.26 Å². The molecule has 0 unspecified atom stereocenters. The molecule has 2 aliphatic rings. The SMILES string of the molecule is N#Cc1cccc2c1C1(CCCCC1)c1cccc(-c3cc(-c4ccc(-c5ccccc5)cc4)nc(-c4ccccc4)n3)c1-2. The smallest absolute Gasteiger partial charge is 0.160 e. The summed E-state index contributed by atoms with van der Waals surface area (Å²) < 4.78 is 0. The van der Waals surface area contributed by atoms with Crippen molar-refractivity contribution in [3.63, 3.8) is 0 Å². The molecule has 3 heteroatoms. The van der Waals surface area contributed by atoms with Crippen molar-refractivity contribution in [2.45, 2.75) is 37.5 Å². The summed E-state index contributed by atoms with van der Waals surface area (Å²) in [6.45, 7) is 0. The minimum absolute atomic E-state index is 0.114. The fraction of sp³-hybridized carbons (Fsp3) is 0.146. The van der Waals surface area contributed by atoms with E-state index in [9.17, 15) is 5.26 Å². The molecule has 1 saturated carbocycles. The maximum atomic E-state index is 10.2. The first kappa shape index (κ1) is 26.3. The molecule has 0 amide bonds. The molecule has 0 bridgehead atoms. The third-order valence-electron chi connectivity index (χ3n) is 9.54. The van der Waals surface area contributed by atoms with Crippen molar-refractivity contribution >= 4 is 0 Å². The molecule has 1 heterocycles. The minimum Gasteiger partial charge on any atom is -0.228 e. The van der Waals surface area contributed by atoms with Crippen molar-refractivity contribution in [2.24, 2.45) is 0 Å². The number of aromatic nitrogens is 2. The molecule has 8 rings (SSSR count). The Kier molecular flexibility index (Phi) is 6.42. The Bertz CT molecular complexity index is 2030. The first-order chi connectivity index (χ1) is 21.7. The Balaban J connectivity index is 1.33. The van der Waals surface area contributed by atoms with Gasteiger partial charge in [-0.1, -0.05) is 135 Å². The Hall–Kier alpha value is -5.33. The monoisotopic (exact) mass is 565 g/mol. The van der Waals surface area contributed by atoms with Crippen LogP contribution < -0.4 is 0 Å². The number of hydrogen-bond acceptors (Lipinski definition) is 3. The van der Waals surface area contributed by atoms with Gasteiger partial charge in [-0.25, -0.2) is 9.97 Å². The molecule has 0 N–H and O–H groups in total. The molecule has 0 atom stereocenters. The number of hydrogen-bond donors (Lipinski definition) is 0. The van der Waals surface area contributed by atoms with Crippen molar-refractivity contribution in [2.75, 3.05) is 0 Å². The third kappa shape index (κ3) is 4.26. The molecular weight excluding hydrogens is 534 g/mol. The lowest BCUT2D eigenvalue weighted by molar-refractivity contribution is 0.352. The van der Waals surface area contributed by atoms with E-state index >= 15 is 0 Å². The van der Waals surface area contributed by atoms with Crippen LogP contribution in [0.15, 0.2) is 127 Å². The zero-order valence-electron chi connectivity index (χ0n) is 24.5. The predicted molar refractivity (Wildman–Crippen MR) is 178 cm³/mol. The van der Waals surface area contributed by atoms with Crippen LogP contribution in [0.1, 0.15) is 48.8 Å². The van der Waals surface area contributed by atoms with Gasteiger partial charge in [-0.3, -0.25) is 0 Å². The first-order valence-electron chi connectivity index (χ1n) is 15.5. The van der Waals surface area contributed by atoms with Crippen molar-refractivity contribution in [3.05, 3.63) is 144 Å². The van der Waals surface area contributed by atoms with Gasteiger partial charge in [0.2, 0.25) is 0 Å². The van der Waals surface area contributed by atoms with Gasteiger partial charge in [0.05, 0.1) is 23.0 Å². The molecule has 0 saturated heterocycles. The number of nitrogens with zero attached hydrogens (tertiary/aromatic N) is 3. The minimum atomic E-state index is -0.114. The van der Waals surface area contributed by atoms with Gasteiger partial charge in [-0.15, -0.1) is 0 Å². The lowest BCUT2D eigenvalue weighted by Crippen LogP contribution is -2.29. The normalized spacial score (nSPS) is 14.5. The van der Waals surface area contributed by atoms with E-state index in [1.165, 1.54) is 52.6 Å². The van der Waals surface area contributed by atoms with Crippen molar-refractivity contribution < 1.29 is 0 Å². The zero-order chi connectivity index (χ0) is 29.5. The van der Waals surface area contributed by atoms with Crippen LogP contribution in [0.4, 0.5) is 0 Å². The molecule has 210 valence electrons. The number of fused-ring (bicyclic) bond motifs is 5. The second-order valence-electron chi connectivity index (χ2n) is 12.0. The molecule has 6 aromatic rings. The maximum absolute atomic E-state index is 10.2. The highest BCUT2D eigenvalue weighted by Gasteiger charge is 2.46. The van der Waals surface area contributed by atoms with E-state index in [4.69, 9.17) is 9.97 Å². The van der Waals surface area contributed by atoms with Crippen LogP contribution in [0.3, 0.4) is 0 Å². The van der Waals surface area contributed by atoms with Crippen LogP contribution in [0.5, 0.6) is 0 Å². The molecule has 2 aliphatic carbocycles. The fourth-order valence-corrected chi connectivity index (χ4v) is 7.55. The van der Waals surface area contributed by atoms with Gasteiger partial charge < -0.3 is 0 Å². The summed E-state index contributed by atoms with van der Waals surface area (Å²) >= 11 is 0. The molecular formula is C41H31N3.